The van der Waals surface area contributed by atoms with Gasteiger partial charge in [-0.25, -0.2) is 4.99 Å². The van der Waals surface area contributed by atoms with Crippen LogP contribution in [0.1, 0.15) is 19.4 Å². The third-order valence-electron chi connectivity index (χ3n) is 2.23. The highest BCUT2D eigenvalue weighted by atomic mass is 14.9. The molecule has 17 heavy (non-hydrogen) atoms. The Hall–Kier alpha value is -2.16. The van der Waals surface area contributed by atoms with Gasteiger partial charge in [0, 0.05) is 18.0 Å². The fraction of sp³-hybridized carbons (Fsp3) is 0.143. The highest BCUT2D eigenvalue weighted by Gasteiger charge is 1.99. The second-order valence-electron chi connectivity index (χ2n) is 3.51. The first-order valence-corrected chi connectivity index (χ1v) is 5.39. The van der Waals surface area contributed by atoms with Gasteiger partial charge in [-0.3, -0.25) is 4.98 Å². The molecule has 0 saturated heterocycles. The smallest absolute Gasteiger partial charge is 0.126 e. The van der Waals surface area contributed by atoms with Crippen molar-refractivity contribution in [3.63, 3.8) is 0 Å². The number of aliphatic imine (C=N–C) groups is 1. The monoisotopic (exact) mass is 227 g/mol. The van der Waals surface area contributed by atoms with Gasteiger partial charge in [0.15, 0.2) is 0 Å². The Morgan fingerprint density at radius 1 is 1.53 bits per heavy atom. The second kappa shape index (κ2) is 6.43. The molecule has 0 saturated carbocycles. The van der Waals surface area contributed by atoms with Crippen LogP contribution in [-0.2, 0) is 0 Å². The van der Waals surface area contributed by atoms with Crippen LogP contribution >= 0.6 is 0 Å². The maximum Gasteiger partial charge on any atom is 0.126 e. The Labute approximate surface area is 102 Å². The topological polar surface area (TPSA) is 51.3 Å². The molecule has 1 aromatic heterocycles. The van der Waals surface area contributed by atoms with Crippen LogP contribution in [0.5, 0.6) is 0 Å². The van der Waals surface area contributed by atoms with Crippen LogP contribution in [0.25, 0.3) is 6.08 Å². The fourth-order valence-electron chi connectivity index (χ4n) is 1.20. The molecule has 0 spiro atoms. The largest absolute Gasteiger partial charge is 0.383 e. The standard InChI is InChI=1S/C14H17N3/c1-4-6-7-11(3)14(15)17-13-8-9-16-10-12(13)5-2/h4-10H,2H2,1,3H3,(H2,15,16,17)/b6-4-,11-7+. The molecule has 3 heteroatoms. The molecule has 0 fully saturated rings. The van der Waals surface area contributed by atoms with Crippen LogP contribution in [0.4, 0.5) is 5.69 Å². The van der Waals surface area contributed by atoms with Crippen LogP contribution in [0, 0.1) is 0 Å². The zero-order valence-corrected chi connectivity index (χ0v) is 10.2. The van der Waals surface area contributed by atoms with E-state index in [0.717, 1.165) is 16.8 Å². The van der Waals surface area contributed by atoms with E-state index in [1.54, 1.807) is 18.5 Å². The van der Waals surface area contributed by atoms with E-state index in [1.165, 1.54) is 0 Å². The summed E-state index contributed by atoms with van der Waals surface area (Å²) in [4.78, 5) is 8.37. The van der Waals surface area contributed by atoms with E-state index in [4.69, 9.17) is 5.73 Å². The molecule has 88 valence electrons. The van der Waals surface area contributed by atoms with Crippen LogP contribution in [0.15, 0.2) is 53.8 Å². The normalized spacial score (nSPS) is 13.1. The van der Waals surface area contributed by atoms with Crippen LogP contribution < -0.4 is 5.73 Å². The summed E-state index contributed by atoms with van der Waals surface area (Å²) in [5.74, 6) is 0.498. The summed E-state index contributed by atoms with van der Waals surface area (Å²) in [5.41, 5.74) is 8.48. The molecule has 0 unspecified atom stereocenters. The summed E-state index contributed by atoms with van der Waals surface area (Å²) in [6, 6.07) is 1.81. The summed E-state index contributed by atoms with van der Waals surface area (Å²) in [5, 5.41) is 0. The summed E-state index contributed by atoms with van der Waals surface area (Å²) >= 11 is 0. The van der Waals surface area contributed by atoms with Crippen LogP contribution in [0.2, 0.25) is 0 Å². The Morgan fingerprint density at radius 2 is 2.29 bits per heavy atom. The van der Waals surface area contributed by atoms with E-state index < -0.39 is 0 Å². The van der Waals surface area contributed by atoms with Crippen molar-refractivity contribution in [1.29, 1.82) is 0 Å². The molecule has 0 bridgehead atoms. The average Bonchev–Trinajstić information content (AvgIpc) is 2.36. The first-order chi connectivity index (χ1) is 8.19. The van der Waals surface area contributed by atoms with Crippen molar-refractivity contribution in [2.75, 3.05) is 0 Å². The molecule has 0 aromatic carbocycles. The number of hydrogen-bond acceptors (Lipinski definition) is 2. The minimum Gasteiger partial charge on any atom is -0.383 e. The Bertz CT molecular complexity index is 482. The van der Waals surface area contributed by atoms with Gasteiger partial charge in [0.25, 0.3) is 0 Å². The van der Waals surface area contributed by atoms with Gasteiger partial charge in [-0.05, 0) is 25.5 Å². The molecule has 0 aliphatic heterocycles. The molecule has 0 radical (unpaired) electrons. The molecule has 1 aromatic rings. The van der Waals surface area contributed by atoms with Crippen molar-refractivity contribution in [3.05, 3.63) is 54.4 Å². The summed E-state index contributed by atoms with van der Waals surface area (Å²) in [7, 11) is 0. The molecule has 3 nitrogen and oxygen atoms in total. The van der Waals surface area contributed by atoms with Crippen molar-refractivity contribution in [1.82, 2.24) is 4.98 Å². The van der Waals surface area contributed by atoms with E-state index in [1.807, 2.05) is 38.1 Å². The number of nitrogens with two attached hydrogens (primary N) is 1. The lowest BCUT2D eigenvalue weighted by Crippen LogP contribution is -2.12. The van der Waals surface area contributed by atoms with E-state index in [0.29, 0.717) is 5.84 Å². The van der Waals surface area contributed by atoms with Gasteiger partial charge < -0.3 is 5.73 Å². The first kappa shape index (κ1) is 12.9. The highest BCUT2D eigenvalue weighted by Crippen LogP contribution is 2.18. The first-order valence-electron chi connectivity index (χ1n) is 5.39. The number of rotatable bonds is 4. The predicted octanol–water partition coefficient (Wildman–Crippen LogP) is 3.24. The molecular formula is C14H17N3. The van der Waals surface area contributed by atoms with Gasteiger partial charge in [0.05, 0.1) is 5.69 Å². The third-order valence-corrected chi connectivity index (χ3v) is 2.23. The number of hydrogen-bond donors (Lipinski definition) is 1. The predicted molar refractivity (Wildman–Crippen MR) is 74.2 cm³/mol. The second-order valence-corrected chi connectivity index (χ2v) is 3.51. The molecule has 2 N–H and O–H groups in total. The zero-order chi connectivity index (χ0) is 12.7. The Morgan fingerprint density at radius 3 is 2.94 bits per heavy atom. The maximum atomic E-state index is 5.91. The van der Waals surface area contributed by atoms with Crippen molar-refractivity contribution in [2.45, 2.75) is 13.8 Å². The van der Waals surface area contributed by atoms with Gasteiger partial charge in [-0.15, -0.1) is 0 Å². The average molecular weight is 227 g/mol. The molecule has 0 aliphatic carbocycles. The quantitative estimate of drug-likeness (QED) is 0.487. The lowest BCUT2D eigenvalue weighted by molar-refractivity contribution is 1.29. The minimum atomic E-state index is 0.498. The van der Waals surface area contributed by atoms with Crippen molar-refractivity contribution in [3.8, 4) is 0 Å². The summed E-state index contributed by atoms with van der Waals surface area (Å²) < 4.78 is 0. The SMILES string of the molecule is C=Cc1cnccc1N=C(N)/C(C)=C/C=C\C. The lowest BCUT2D eigenvalue weighted by Gasteiger charge is -2.02. The molecule has 0 aliphatic rings. The van der Waals surface area contributed by atoms with Gasteiger partial charge in [-0.1, -0.05) is 30.9 Å². The lowest BCUT2D eigenvalue weighted by atomic mass is 10.2. The summed E-state index contributed by atoms with van der Waals surface area (Å²) in [6.45, 7) is 7.60. The Balaban J connectivity index is 3.06. The number of allylic oxidation sites excluding steroid dienone is 3. The summed E-state index contributed by atoms with van der Waals surface area (Å²) in [6.07, 6.45) is 10.9. The van der Waals surface area contributed by atoms with Crippen LogP contribution in [-0.4, -0.2) is 10.8 Å². The van der Waals surface area contributed by atoms with E-state index in [-0.39, 0.29) is 0 Å². The zero-order valence-electron chi connectivity index (χ0n) is 10.2. The van der Waals surface area contributed by atoms with Crippen LogP contribution in [0.3, 0.4) is 0 Å². The number of aromatic nitrogens is 1. The van der Waals surface area contributed by atoms with Gasteiger partial charge >= 0.3 is 0 Å². The van der Waals surface area contributed by atoms with Crippen molar-refractivity contribution in [2.24, 2.45) is 10.7 Å². The Kier molecular flexibility index (Phi) is 4.88. The third kappa shape index (κ3) is 3.72. The van der Waals surface area contributed by atoms with Crippen molar-refractivity contribution < 1.29 is 0 Å². The molecule has 1 heterocycles. The minimum absolute atomic E-state index is 0.498. The van der Waals surface area contributed by atoms with E-state index in [9.17, 15) is 0 Å². The van der Waals surface area contributed by atoms with E-state index in [2.05, 4.69) is 16.6 Å². The maximum absolute atomic E-state index is 5.91. The molecule has 0 atom stereocenters. The number of amidine groups is 1. The number of nitrogens with zero attached hydrogens (tertiary/aromatic N) is 2. The van der Waals surface area contributed by atoms with Gasteiger partial charge in [0.1, 0.15) is 5.84 Å². The molecular weight excluding hydrogens is 210 g/mol. The highest BCUT2D eigenvalue weighted by molar-refractivity contribution is 5.98. The molecule has 0 amide bonds. The van der Waals surface area contributed by atoms with E-state index >= 15 is 0 Å². The van der Waals surface area contributed by atoms with Crippen molar-refractivity contribution >= 4 is 17.6 Å². The van der Waals surface area contributed by atoms with Gasteiger partial charge in [-0.2, -0.15) is 0 Å². The fourth-order valence-corrected chi connectivity index (χ4v) is 1.20. The molecule has 1 rings (SSSR count). The van der Waals surface area contributed by atoms with Gasteiger partial charge in [0.2, 0.25) is 0 Å². The number of pyridine rings is 1.